The zero-order valence-corrected chi connectivity index (χ0v) is 4.79. The van der Waals surface area contributed by atoms with Gasteiger partial charge in [0.25, 0.3) is 0 Å². The third-order valence-electron chi connectivity index (χ3n) is 1.14. The fourth-order valence-electron chi connectivity index (χ4n) is 0.360. The van der Waals surface area contributed by atoms with Crippen molar-refractivity contribution in [2.24, 2.45) is 0 Å². The minimum Gasteiger partial charge on any atom is -0.239 e. The highest BCUT2D eigenvalue weighted by atomic mass is 31.1. The molecule has 1 unspecified atom stereocenters. The maximum absolute atomic E-state index is 12.2. The quantitative estimate of drug-likeness (QED) is 0.447. The predicted octanol–water partition coefficient (Wildman–Crippen LogP) is 1.75. The van der Waals surface area contributed by atoms with Crippen LogP contribution in [-0.4, -0.2) is 12.1 Å². The second-order valence-corrected chi connectivity index (χ2v) is 3.11. The van der Waals surface area contributed by atoms with Crippen molar-refractivity contribution in [2.75, 3.05) is 6.66 Å². The average molecular weight is 106 g/mol. The van der Waals surface area contributed by atoms with E-state index in [1.807, 2.05) is 6.66 Å². The molecule has 0 spiro atoms. The maximum Gasteiger partial charge on any atom is 0.126 e. The molecule has 1 aliphatic carbocycles. The van der Waals surface area contributed by atoms with Crippen LogP contribution in [0.2, 0.25) is 0 Å². The van der Waals surface area contributed by atoms with Gasteiger partial charge < -0.3 is 0 Å². The Morgan fingerprint density at radius 2 is 2.17 bits per heavy atom. The highest BCUT2D eigenvalue weighted by Crippen LogP contribution is 2.51. The Morgan fingerprint density at radius 3 is 2.17 bits per heavy atom. The third kappa shape index (κ3) is 0.704. The van der Waals surface area contributed by atoms with E-state index in [2.05, 4.69) is 0 Å². The zero-order chi connectivity index (χ0) is 4.62. The fraction of sp³-hybridized carbons (Fsp3) is 1.00. The van der Waals surface area contributed by atoms with Gasteiger partial charge in [-0.2, -0.15) is 0 Å². The van der Waals surface area contributed by atoms with Crippen molar-refractivity contribution in [3.05, 3.63) is 0 Å². The van der Waals surface area contributed by atoms with Crippen LogP contribution in [0.1, 0.15) is 12.8 Å². The fourth-order valence-corrected chi connectivity index (χ4v) is 0.985. The lowest BCUT2D eigenvalue weighted by Gasteiger charge is -1.92. The van der Waals surface area contributed by atoms with Gasteiger partial charge in [-0.3, -0.25) is 0 Å². The van der Waals surface area contributed by atoms with Gasteiger partial charge in [0, 0.05) is 0 Å². The van der Waals surface area contributed by atoms with E-state index in [1.165, 1.54) is 0 Å². The molecule has 0 aromatic heterocycles. The number of alkyl halides is 1. The van der Waals surface area contributed by atoms with E-state index in [1.54, 1.807) is 0 Å². The molecular formula is C4H8FP. The summed E-state index contributed by atoms with van der Waals surface area (Å²) in [5, 5.41) is -0.681. The Morgan fingerprint density at radius 1 is 1.67 bits per heavy atom. The molecule has 2 heteroatoms. The van der Waals surface area contributed by atoms with Gasteiger partial charge in [0.1, 0.15) is 5.41 Å². The summed E-state index contributed by atoms with van der Waals surface area (Å²) in [6, 6.07) is 0. The first-order valence-corrected chi connectivity index (χ1v) is 3.65. The van der Waals surface area contributed by atoms with Crippen LogP contribution in [0.5, 0.6) is 0 Å². The minimum absolute atomic E-state index is 0.512. The van der Waals surface area contributed by atoms with Crippen molar-refractivity contribution in [1.29, 1.82) is 0 Å². The van der Waals surface area contributed by atoms with Crippen molar-refractivity contribution < 1.29 is 4.39 Å². The molecule has 1 atom stereocenters. The molecule has 0 heterocycles. The molecular weight excluding hydrogens is 98.0 g/mol. The molecule has 0 aromatic rings. The van der Waals surface area contributed by atoms with Crippen LogP contribution in [0.4, 0.5) is 4.39 Å². The molecule has 0 aromatic carbocycles. The summed E-state index contributed by atoms with van der Waals surface area (Å²) in [5.41, 5.74) is 0. The number of hydrogen-bond donors (Lipinski definition) is 0. The van der Waals surface area contributed by atoms with E-state index in [-0.39, 0.29) is 0 Å². The Hall–Kier alpha value is 0.360. The summed E-state index contributed by atoms with van der Waals surface area (Å²) < 4.78 is 12.2. The molecule has 1 aliphatic rings. The third-order valence-corrected chi connectivity index (χ3v) is 2.53. The number of halogens is 1. The summed E-state index contributed by atoms with van der Waals surface area (Å²) in [4.78, 5) is 0. The SMILES string of the molecule is CPC1(F)CC1. The summed E-state index contributed by atoms with van der Waals surface area (Å²) in [7, 11) is 0.512. The van der Waals surface area contributed by atoms with Crippen LogP contribution < -0.4 is 0 Å². The van der Waals surface area contributed by atoms with Crippen LogP contribution in [0.25, 0.3) is 0 Å². The molecule has 1 rings (SSSR count). The smallest absolute Gasteiger partial charge is 0.126 e. The van der Waals surface area contributed by atoms with Crippen molar-refractivity contribution in [3.63, 3.8) is 0 Å². The maximum atomic E-state index is 12.2. The standard InChI is InChI=1S/C4H8FP/c1-6-4(5)2-3-4/h6H,2-3H2,1H3. The normalized spacial score (nSPS) is 29.0. The van der Waals surface area contributed by atoms with Crippen LogP contribution in [-0.2, 0) is 0 Å². The second kappa shape index (κ2) is 1.16. The van der Waals surface area contributed by atoms with Gasteiger partial charge in [-0.1, -0.05) is 8.58 Å². The lowest BCUT2D eigenvalue weighted by Crippen LogP contribution is -1.81. The molecule has 0 radical (unpaired) electrons. The van der Waals surface area contributed by atoms with Gasteiger partial charge in [-0.15, -0.1) is 0 Å². The lowest BCUT2D eigenvalue weighted by molar-refractivity contribution is 0.434. The monoisotopic (exact) mass is 106 g/mol. The molecule has 0 nitrogen and oxygen atoms in total. The van der Waals surface area contributed by atoms with Crippen molar-refractivity contribution in [1.82, 2.24) is 0 Å². The average Bonchev–Trinajstić information content (AvgIpc) is 2.22. The molecule has 0 saturated heterocycles. The molecule has 0 bridgehead atoms. The predicted molar refractivity (Wildman–Crippen MR) is 27.3 cm³/mol. The van der Waals surface area contributed by atoms with Gasteiger partial charge in [0.05, 0.1) is 0 Å². The molecule has 1 saturated carbocycles. The highest BCUT2D eigenvalue weighted by Gasteiger charge is 2.40. The molecule has 0 aliphatic heterocycles. The Balaban J connectivity index is 2.28. The minimum atomic E-state index is -0.681. The Bertz CT molecular complexity index is 58.6. The first-order valence-electron chi connectivity index (χ1n) is 2.15. The zero-order valence-electron chi connectivity index (χ0n) is 3.79. The summed E-state index contributed by atoms with van der Waals surface area (Å²) in [5.74, 6) is 0. The summed E-state index contributed by atoms with van der Waals surface area (Å²) >= 11 is 0. The van der Waals surface area contributed by atoms with E-state index in [0.717, 1.165) is 12.8 Å². The van der Waals surface area contributed by atoms with Crippen molar-refractivity contribution in [3.8, 4) is 0 Å². The van der Waals surface area contributed by atoms with E-state index < -0.39 is 5.41 Å². The van der Waals surface area contributed by atoms with Crippen molar-refractivity contribution >= 4 is 8.58 Å². The van der Waals surface area contributed by atoms with Crippen molar-refractivity contribution in [2.45, 2.75) is 18.3 Å². The molecule has 6 heavy (non-hydrogen) atoms. The van der Waals surface area contributed by atoms with Gasteiger partial charge in [-0.05, 0) is 19.5 Å². The van der Waals surface area contributed by atoms with Gasteiger partial charge in [-0.25, -0.2) is 4.39 Å². The molecule has 1 fully saturated rings. The first kappa shape index (κ1) is 4.52. The van der Waals surface area contributed by atoms with Gasteiger partial charge in [0.15, 0.2) is 0 Å². The van der Waals surface area contributed by atoms with E-state index in [4.69, 9.17) is 0 Å². The second-order valence-electron chi connectivity index (χ2n) is 1.72. The van der Waals surface area contributed by atoms with Crippen LogP contribution in [0.15, 0.2) is 0 Å². The Labute approximate surface area is 38.9 Å². The van der Waals surface area contributed by atoms with Crippen LogP contribution >= 0.6 is 8.58 Å². The first-order chi connectivity index (χ1) is 2.77. The van der Waals surface area contributed by atoms with E-state index in [0.29, 0.717) is 8.58 Å². The van der Waals surface area contributed by atoms with Crippen LogP contribution in [0, 0.1) is 0 Å². The molecule has 36 valence electrons. The van der Waals surface area contributed by atoms with Gasteiger partial charge >= 0.3 is 0 Å². The van der Waals surface area contributed by atoms with Crippen LogP contribution in [0.3, 0.4) is 0 Å². The number of rotatable bonds is 1. The number of hydrogen-bond acceptors (Lipinski definition) is 0. The van der Waals surface area contributed by atoms with E-state index in [9.17, 15) is 4.39 Å². The van der Waals surface area contributed by atoms with Gasteiger partial charge in [0.2, 0.25) is 0 Å². The summed E-state index contributed by atoms with van der Waals surface area (Å²) in [6.07, 6.45) is 1.64. The topological polar surface area (TPSA) is 0 Å². The van der Waals surface area contributed by atoms with E-state index >= 15 is 0 Å². The lowest BCUT2D eigenvalue weighted by atomic mass is 10.9. The highest BCUT2D eigenvalue weighted by molar-refractivity contribution is 7.39. The largest absolute Gasteiger partial charge is 0.239 e. The summed E-state index contributed by atoms with van der Waals surface area (Å²) in [6.45, 7) is 1.92. The molecule has 0 N–H and O–H groups in total. The Kier molecular flexibility index (Phi) is 0.876. The molecule has 0 amide bonds.